The number of carbonyl (C=O) groups is 1. The third-order valence-electron chi connectivity index (χ3n) is 5.24. The zero-order valence-electron chi connectivity index (χ0n) is 15.6. The van der Waals surface area contributed by atoms with Gasteiger partial charge in [0.2, 0.25) is 0 Å². The van der Waals surface area contributed by atoms with E-state index in [0.717, 1.165) is 40.2 Å². The number of hydrogen-bond acceptors (Lipinski definition) is 3. The minimum atomic E-state index is -0.316. The molecule has 2 aromatic carbocycles. The number of halogens is 2. The number of Topliss-reactive ketones (excluding diaryl/α,β-unsaturated/α-hetero) is 1. The van der Waals surface area contributed by atoms with Crippen molar-refractivity contribution in [3.63, 3.8) is 0 Å². The second kappa shape index (κ2) is 6.57. The van der Waals surface area contributed by atoms with E-state index < -0.39 is 0 Å². The molecule has 27 heavy (non-hydrogen) atoms. The molecule has 0 unspecified atom stereocenters. The molecule has 4 rings (SSSR count). The molecule has 0 bridgehead atoms. The smallest absolute Gasteiger partial charge is 0.163 e. The first kappa shape index (κ1) is 18.4. The summed E-state index contributed by atoms with van der Waals surface area (Å²) in [4.78, 5) is 13.2. The summed E-state index contributed by atoms with van der Waals surface area (Å²) in [5.41, 5.74) is 5.62. The van der Waals surface area contributed by atoms with E-state index >= 15 is 0 Å². The van der Waals surface area contributed by atoms with Crippen molar-refractivity contribution in [1.29, 1.82) is 0 Å². The van der Waals surface area contributed by atoms with Gasteiger partial charge in [-0.25, -0.2) is 0 Å². The Morgan fingerprint density at radius 3 is 2.56 bits per heavy atom. The summed E-state index contributed by atoms with van der Waals surface area (Å²) >= 11 is 12.6. The molecule has 1 aliphatic heterocycles. The lowest BCUT2D eigenvalue weighted by Gasteiger charge is -2.34. The van der Waals surface area contributed by atoms with Crippen LogP contribution in [0.5, 0.6) is 0 Å². The topological polar surface area (TPSA) is 41.1 Å². The van der Waals surface area contributed by atoms with Crippen LogP contribution in [0.1, 0.15) is 43.9 Å². The average Bonchev–Trinajstić information content (AvgIpc) is 2.69. The lowest BCUT2D eigenvalue weighted by molar-refractivity contribution is -0.118. The minimum Gasteiger partial charge on any atom is -0.372 e. The van der Waals surface area contributed by atoms with Gasteiger partial charge in [-0.1, -0.05) is 49.2 Å². The predicted octanol–water partition coefficient (Wildman–Crippen LogP) is 6.52. The first-order chi connectivity index (χ1) is 12.7. The Bertz CT molecular complexity index is 978. The fraction of sp³-hybridized carbons (Fsp3) is 0.318. The molecule has 5 heteroatoms. The Kier molecular flexibility index (Phi) is 4.48. The number of benzene rings is 2. The van der Waals surface area contributed by atoms with Gasteiger partial charge in [0, 0.05) is 27.7 Å². The maximum Gasteiger partial charge on any atom is 0.163 e. The number of nitrogens with one attached hydrogen (secondary N) is 2. The van der Waals surface area contributed by atoms with E-state index in [2.05, 4.69) is 49.6 Å². The van der Waals surface area contributed by atoms with Gasteiger partial charge in [0.25, 0.3) is 0 Å². The highest BCUT2D eigenvalue weighted by Gasteiger charge is 2.39. The molecule has 140 valence electrons. The van der Waals surface area contributed by atoms with Crippen molar-refractivity contribution in [3.05, 3.63) is 68.8 Å². The first-order valence-corrected chi connectivity index (χ1v) is 9.84. The summed E-state index contributed by atoms with van der Waals surface area (Å²) in [7, 11) is 0. The van der Waals surface area contributed by atoms with Gasteiger partial charge in [0.1, 0.15) is 0 Å². The van der Waals surface area contributed by atoms with Crippen molar-refractivity contribution in [3.8, 4) is 0 Å². The molecule has 1 heterocycles. The molecule has 2 aliphatic rings. The molecule has 0 amide bonds. The van der Waals surface area contributed by atoms with Crippen LogP contribution in [0.2, 0.25) is 10.0 Å². The van der Waals surface area contributed by atoms with Crippen molar-refractivity contribution < 1.29 is 4.79 Å². The maximum absolute atomic E-state index is 13.2. The molecule has 2 N–H and O–H groups in total. The SMILES string of the molecule is Cc1ccc2c(c1)N[C@H](c1ccc(Cl)cc1Cl)C1=C(CC(C)(C)CC1=O)N2. The van der Waals surface area contributed by atoms with Gasteiger partial charge < -0.3 is 10.6 Å². The zero-order chi connectivity index (χ0) is 19.3. The number of aryl methyl sites for hydroxylation is 1. The summed E-state index contributed by atoms with van der Waals surface area (Å²) in [6, 6.07) is 11.3. The van der Waals surface area contributed by atoms with Crippen LogP contribution >= 0.6 is 23.2 Å². The number of ketones is 1. The summed E-state index contributed by atoms with van der Waals surface area (Å²) in [5, 5.41) is 8.23. The van der Waals surface area contributed by atoms with Crippen molar-refractivity contribution in [2.45, 2.75) is 39.7 Å². The highest BCUT2D eigenvalue weighted by molar-refractivity contribution is 6.35. The molecule has 1 aliphatic carbocycles. The van der Waals surface area contributed by atoms with Crippen LogP contribution in [0.15, 0.2) is 47.7 Å². The minimum absolute atomic E-state index is 0.0769. The second-order valence-corrected chi connectivity index (χ2v) is 9.09. The van der Waals surface area contributed by atoms with Crippen LogP contribution in [0, 0.1) is 12.3 Å². The summed E-state index contributed by atoms with van der Waals surface area (Å²) in [5.74, 6) is 0.154. The van der Waals surface area contributed by atoms with E-state index in [1.54, 1.807) is 6.07 Å². The van der Waals surface area contributed by atoms with Crippen LogP contribution in [-0.2, 0) is 4.79 Å². The Labute approximate surface area is 169 Å². The molecule has 0 saturated carbocycles. The van der Waals surface area contributed by atoms with Crippen LogP contribution in [0.25, 0.3) is 0 Å². The molecular weight excluding hydrogens is 379 g/mol. The van der Waals surface area contributed by atoms with E-state index in [0.29, 0.717) is 16.5 Å². The molecule has 1 atom stereocenters. The van der Waals surface area contributed by atoms with E-state index in [1.165, 1.54) is 0 Å². The number of carbonyl (C=O) groups excluding carboxylic acids is 1. The summed E-state index contributed by atoms with van der Waals surface area (Å²) < 4.78 is 0. The third-order valence-corrected chi connectivity index (χ3v) is 5.81. The van der Waals surface area contributed by atoms with Gasteiger partial charge in [-0.15, -0.1) is 0 Å². The fourth-order valence-corrected chi connectivity index (χ4v) is 4.54. The number of hydrogen-bond donors (Lipinski definition) is 2. The number of allylic oxidation sites excluding steroid dienone is 1. The number of fused-ring (bicyclic) bond motifs is 1. The Morgan fingerprint density at radius 1 is 1.04 bits per heavy atom. The molecule has 3 nitrogen and oxygen atoms in total. The monoisotopic (exact) mass is 400 g/mol. The summed E-state index contributed by atoms with van der Waals surface area (Å²) in [6.45, 7) is 6.32. The molecule has 0 spiro atoms. The highest BCUT2D eigenvalue weighted by Crippen LogP contribution is 2.46. The largest absolute Gasteiger partial charge is 0.372 e. The molecule has 0 radical (unpaired) electrons. The van der Waals surface area contributed by atoms with Crippen molar-refractivity contribution in [2.24, 2.45) is 5.41 Å². The van der Waals surface area contributed by atoms with Crippen molar-refractivity contribution in [2.75, 3.05) is 10.6 Å². The second-order valence-electron chi connectivity index (χ2n) is 8.25. The number of anilines is 2. The highest BCUT2D eigenvalue weighted by atomic mass is 35.5. The molecular formula is C22H22Cl2N2O. The van der Waals surface area contributed by atoms with E-state index in [9.17, 15) is 4.79 Å². The Morgan fingerprint density at radius 2 is 1.81 bits per heavy atom. The zero-order valence-corrected chi connectivity index (χ0v) is 17.1. The van der Waals surface area contributed by atoms with Gasteiger partial charge in [0.15, 0.2) is 5.78 Å². The van der Waals surface area contributed by atoms with E-state index in [4.69, 9.17) is 23.2 Å². The van der Waals surface area contributed by atoms with Crippen LogP contribution in [-0.4, -0.2) is 5.78 Å². The summed E-state index contributed by atoms with van der Waals surface area (Å²) in [6.07, 6.45) is 1.33. The molecule has 0 saturated heterocycles. The van der Waals surface area contributed by atoms with Crippen molar-refractivity contribution in [1.82, 2.24) is 0 Å². The van der Waals surface area contributed by atoms with Crippen molar-refractivity contribution >= 4 is 40.4 Å². The third kappa shape index (κ3) is 3.46. The predicted molar refractivity (Wildman–Crippen MR) is 113 cm³/mol. The van der Waals surface area contributed by atoms with Crippen LogP contribution in [0.4, 0.5) is 11.4 Å². The van der Waals surface area contributed by atoms with E-state index in [1.807, 2.05) is 12.1 Å². The van der Waals surface area contributed by atoms with Gasteiger partial charge in [-0.3, -0.25) is 4.79 Å². The Balaban J connectivity index is 1.92. The first-order valence-electron chi connectivity index (χ1n) is 9.09. The van der Waals surface area contributed by atoms with Gasteiger partial charge in [-0.05, 0) is 54.2 Å². The molecule has 0 fully saturated rings. The average molecular weight is 401 g/mol. The Hall–Kier alpha value is -1.97. The van der Waals surface area contributed by atoms with Crippen LogP contribution in [0.3, 0.4) is 0 Å². The van der Waals surface area contributed by atoms with Gasteiger partial charge in [-0.2, -0.15) is 0 Å². The maximum atomic E-state index is 13.2. The standard InChI is InChI=1S/C22H22Cl2N2O/c1-12-4-7-16-17(8-12)26-21(14-6-5-13(23)9-15(14)24)20-18(25-16)10-22(2,3)11-19(20)27/h4-9,21,25-26H,10-11H2,1-3H3/t21-/m1/s1. The lowest BCUT2D eigenvalue weighted by atomic mass is 9.73. The van der Waals surface area contributed by atoms with Crippen LogP contribution < -0.4 is 10.6 Å². The lowest BCUT2D eigenvalue weighted by Crippen LogP contribution is -2.31. The molecule has 2 aromatic rings. The van der Waals surface area contributed by atoms with Gasteiger partial charge >= 0.3 is 0 Å². The number of rotatable bonds is 1. The normalized spacial score (nSPS) is 20.9. The quantitative estimate of drug-likeness (QED) is 0.571. The molecule has 0 aromatic heterocycles. The fourth-order valence-electron chi connectivity index (χ4n) is 4.03. The van der Waals surface area contributed by atoms with Gasteiger partial charge in [0.05, 0.1) is 17.4 Å². The van der Waals surface area contributed by atoms with E-state index in [-0.39, 0.29) is 17.2 Å².